The molecule has 20 nitrogen and oxygen atoms in total. The van der Waals surface area contributed by atoms with E-state index in [1.807, 2.05) is 96.9 Å². The van der Waals surface area contributed by atoms with Crippen molar-refractivity contribution in [1.29, 1.82) is 0 Å². The summed E-state index contributed by atoms with van der Waals surface area (Å²) in [6.07, 6.45) is 25.3. The predicted molar refractivity (Wildman–Crippen MR) is 327 cm³/mol. The number of piperidine rings is 1. The van der Waals surface area contributed by atoms with Crippen LogP contribution in [0, 0.1) is 0 Å². The molecule has 9 aromatic heterocycles. The molecule has 6 aliphatic heterocycles. The molecule has 0 saturated carbocycles. The molecule has 1 N–H and O–H groups in total. The van der Waals surface area contributed by atoms with Crippen LogP contribution in [0.15, 0.2) is 110 Å². The summed E-state index contributed by atoms with van der Waals surface area (Å²) in [4.78, 5) is 55.3. The lowest BCUT2D eigenvalue weighted by Crippen LogP contribution is -2.44. The molecule has 0 bridgehead atoms. The van der Waals surface area contributed by atoms with Gasteiger partial charge in [0.15, 0.2) is 0 Å². The first-order chi connectivity index (χ1) is 40.1. The van der Waals surface area contributed by atoms with E-state index in [1.54, 1.807) is 0 Å². The fourth-order valence-corrected chi connectivity index (χ4v) is 10.4. The maximum absolute atomic E-state index is 5.42. The van der Waals surface area contributed by atoms with Crippen molar-refractivity contribution in [1.82, 2.24) is 63.4 Å². The summed E-state index contributed by atoms with van der Waals surface area (Å²) in [6.45, 7) is 27.9. The number of nitrogens with zero attached hydrogens (tertiary/aromatic N) is 18. The Balaban J connectivity index is 0.000000130. The Kier molecular flexibility index (Phi) is 19.1. The molecule has 0 aromatic carbocycles. The van der Waals surface area contributed by atoms with E-state index >= 15 is 0 Å². The summed E-state index contributed by atoms with van der Waals surface area (Å²) < 4.78 is 11.8. The number of hydrogen-bond donors (Lipinski definition) is 1. The molecule has 0 unspecified atom stereocenters. The first-order valence-corrected chi connectivity index (χ1v) is 29.8. The van der Waals surface area contributed by atoms with Crippen molar-refractivity contribution in [3.8, 4) is 34.2 Å². The fraction of sp³-hybridized carbons (Fsp3) is 0.459. The van der Waals surface area contributed by atoms with Crippen LogP contribution >= 0.6 is 0 Å². The number of rotatable bonds is 9. The van der Waals surface area contributed by atoms with Crippen molar-refractivity contribution in [2.45, 2.75) is 80.1 Å². The molecule has 6 fully saturated rings. The normalized spacial score (nSPS) is 16.7. The quantitative estimate of drug-likeness (QED) is 0.145. The highest BCUT2D eigenvalue weighted by Gasteiger charge is 2.22. The summed E-state index contributed by atoms with van der Waals surface area (Å²) in [5.74, 6) is 2.40. The molecule has 20 heteroatoms. The van der Waals surface area contributed by atoms with Gasteiger partial charge in [0.05, 0.1) is 83.0 Å². The molecule has 426 valence electrons. The molecule has 0 amide bonds. The minimum Gasteiger partial charge on any atom is -0.378 e. The van der Waals surface area contributed by atoms with Crippen LogP contribution in [-0.4, -0.2) is 163 Å². The summed E-state index contributed by atoms with van der Waals surface area (Å²) in [5, 5.41) is 3.36. The highest BCUT2D eigenvalue weighted by atomic mass is 16.5. The smallest absolute Gasteiger partial charge is 0.226 e. The molecule has 0 spiro atoms. The lowest BCUT2D eigenvalue weighted by molar-refractivity contribution is 0.122. The molecule has 0 radical (unpaired) electrons. The van der Waals surface area contributed by atoms with E-state index in [0.29, 0.717) is 0 Å². The Labute approximate surface area is 476 Å². The van der Waals surface area contributed by atoms with Gasteiger partial charge in [-0.2, -0.15) is 0 Å². The molecule has 6 saturated heterocycles. The van der Waals surface area contributed by atoms with Crippen molar-refractivity contribution in [2.75, 3.05) is 134 Å². The maximum Gasteiger partial charge on any atom is 0.226 e. The summed E-state index contributed by atoms with van der Waals surface area (Å²) in [6, 6.07) is 18.6. The van der Waals surface area contributed by atoms with E-state index in [9.17, 15) is 0 Å². The molecular weight excluding hydrogens is 1010 g/mol. The van der Waals surface area contributed by atoms with Gasteiger partial charge in [-0.15, -0.1) is 0 Å². The number of imidazole rings is 3. The van der Waals surface area contributed by atoms with Gasteiger partial charge in [0.2, 0.25) is 17.8 Å². The van der Waals surface area contributed by atoms with Crippen LogP contribution < -0.4 is 34.7 Å². The van der Waals surface area contributed by atoms with Crippen molar-refractivity contribution < 1.29 is 4.74 Å². The van der Waals surface area contributed by atoms with Gasteiger partial charge < -0.3 is 39.5 Å². The van der Waals surface area contributed by atoms with E-state index in [4.69, 9.17) is 19.7 Å². The van der Waals surface area contributed by atoms with Crippen LogP contribution in [0.1, 0.15) is 80.1 Å². The second kappa shape index (κ2) is 27.5. The van der Waals surface area contributed by atoms with Crippen LogP contribution in [0.2, 0.25) is 0 Å². The Morgan fingerprint density at radius 3 is 1.02 bits per heavy atom. The first-order valence-electron chi connectivity index (χ1n) is 29.8. The molecule has 0 atom stereocenters. The number of aromatic nitrogens is 12. The third kappa shape index (κ3) is 12.8. The zero-order valence-corrected chi connectivity index (χ0v) is 48.4. The highest BCUT2D eigenvalue weighted by Crippen LogP contribution is 2.30. The van der Waals surface area contributed by atoms with E-state index in [-0.39, 0.29) is 0 Å². The number of anilines is 6. The van der Waals surface area contributed by atoms with Gasteiger partial charge in [0.1, 0.15) is 16.9 Å². The van der Waals surface area contributed by atoms with Crippen LogP contribution in [0.25, 0.3) is 51.1 Å². The van der Waals surface area contributed by atoms with Gasteiger partial charge in [-0.3, -0.25) is 13.2 Å². The van der Waals surface area contributed by atoms with Crippen LogP contribution in [0.5, 0.6) is 0 Å². The number of fused-ring (bicyclic) bond motifs is 3. The van der Waals surface area contributed by atoms with Crippen LogP contribution in [0.4, 0.5) is 34.9 Å². The second-order valence-electron chi connectivity index (χ2n) is 19.9. The SMILES string of the molecule is CC.CC.CC.c1cc(-c2cnc3ccc(N4CCC4)cn23)nc(N2CCCCC2)n1.c1cc(-c2cnc3ccc(N4CCC4)cn23)nc(N2CCNCC2)n1.c1cc(-c2cnc3ccc(N4CCC4)cn23)nc(N2CCOCC2)n1. The van der Waals surface area contributed by atoms with Crippen molar-refractivity contribution in [3.63, 3.8) is 0 Å². The lowest BCUT2D eigenvalue weighted by atomic mass is 10.1. The predicted octanol–water partition coefficient (Wildman–Crippen LogP) is 9.32. The Morgan fingerprint density at radius 2 is 0.679 bits per heavy atom. The molecule has 81 heavy (non-hydrogen) atoms. The summed E-state index contributed by atoms with van der Waals surface area (Å²) in [5.41, 5.74) is 12.3. The third-order valence-electron chi connectivity index (χ3n) is 15.2. The monoisotopic (exact) mass is 1100 g/mol. The Bertz CT molecular complexity index is 3040. The van der Waals surface area contributed by atoms with Gasteiger partial charge in [-0.25, -0.2) is 44.9 Å². The van der Waals surface area contributed by atoms with Gasteiger partial charge in [0.25, 0.3) is 0 Å². The van der Waals surface area contributed by atoms with Gasteiger partial charge >= 0.3 is 0 Å². The zero-order valence-electron chi connectivity index (χ0n) is 48.4. The van der Waals surface area contributed by atoms with E-state index in [1.165, 1.54) is 55.6 Å². The number of piperazine rings is 1. The first kappa shape index (κ1) is 56.3. The molecule has 9 aromatic rings. The molecule has 0 aliphatic carbocycles. The largest absolute Gasteiger partial charge is 0.378 e. The molecule has 6 aliphatic rings. The van der Waals surface area contributed by atoms with Crippen LogP contribution in [0.3, 0.4) is 0 Å². The number of nitrogens with one attached hydrogen (secondary N) is 1. The fourth-order valence-electron chi connectivity index (χ4n) is 10.4. The topological polar surface area (TPSA) is 170 Å². The lowest BCUT2D eigenvalue weighted by Gasteiger charge is -2.33. The van der Waals surface area contributed by atoms with E-state index < -0.39 is 0 Å². The standard InChI is InChI=1S/C19H22N6.C18H21N7.C18H20N6O.3C2H6/c1-2-9-24(10-3-1)19-20-8-7-16(22-19)17-13-21-18-6-5-15(14-25(17)18)23-11-4-12-23;1-8-23(9-1)14-2-3-17-21-12-16(25(17)13-14)15-4-5-20-18(22-15)24-10-6-19-7-11-24;1-6-22(7-1)14-2-3-17-20-12-16(24(17)13-14)15-4-5-19-18(21-15)23-8-10-25-11-9-23;3*1-2/h5-8,13-14H,1-4,9-12H2;2-5,12-13,19H,1,6-11H2;2-5,12-13H,1,6-11H2;3*1-2H3. The van der Waals surface area contributed by atoms with Crippen molar-refractivity contribution in [3.05, 3.63) is 110 Å². The zero-order chi connectivity index (χ0) is 55.9. The van der Waals surface area contributed by atoms with Crippen LogP contribution in [-0.2, 0) is 4.74 Å². The van der Waals surface area contributed by atoms with Crippen molar-refractivity contribution >= 4 is 51.8 Å². The number of morpholine rings is 1. The average molecular weight is 1100 g/mol. The summed E-state index contributed by atoms with van der Waals surface area (Å²) >= 11 is 0. The molecule has 15 rings (SSSR count). The number of pyridine rings is 3. The van der Waals surface area contributed by atoms with Gasteiger partial charge in [-0.05, 0) is 93.1 Å². The van der Waals surface area contributed by atoms with Gasteiger partial charge in [0, 0.05) is 129 Å². The third-order valence-corrected chi connectivity index (χ3v) is 15.2. The van der Waals surface area contributed by atoms with E-state index in [2.05, 4.69) is 133 Å². The van der Waals surface area contributed by atoms with E-state index in [0.717, 1.165) is 174 Å². The summed E-state index contributed by atoms with van der Waals surface area (Å²) in [7, 11) is 0. The number of ether oxygens (including phenoxy) is 1. The van der Waals surface area contributed by atoms with Gasteiger partial charge in [-0.1, -0.05) is 41.5 Å². The minimum absolute atomic E-state index is 0.725. The minimum atomic E-state index is 0.725. The average Bonchev–Trinajstić information content (AvgIpc) is 4.49. The Hall–Kier alpha value is -7.97. The van der Waals surface area contributed by atoms with Crippen molar-refractivity contribution in [2.24, 2.45) is 0 Å². The Morgan fingerprint density at radius 1 is 0.346 bits per heavy atom. The molecule has 15 heterocycles. The second-order valence-corrected chi connectivity index (χ2v) is 19.9. The number of hydrogen-bond acceptors (Lipinski definition) is 17. The molecular formula is C61H81N19O. The maximum atomic E-state index is 5.42. The highest BCUT2D eigenvalue weighted by molar-refractivity contribution is 5.67.